The first-order chi connectivity index (χ1) is 13.6. The molecule has 2 aromatic carbocycles. The fraction of sp³-hybridized carbons (Fsp3) is 0.381. The highest BCUT2D eigenvalue weighted by Gasteiger charge is 2.24. The second-order valence-corrected chi connectivity index (χ2v) is 7.62. The molecule has 148 valence electrons. The van der Waals surface area contributed by atoms with Crippen LogP contribution in [0, 0.1) is 5.82 Å². The Morgan fingerprint density at radius 3 is 2.82 bits per heavy atom. The summed E-state index contributed by atoms with van der Waals surface area (Å²) >= 11 is 5.93. The van der Waals surface area contributed by atoms with Gasteiger partial charge in [-0.25, -0.2) is 4.39 Å². The van der Waals surface area contributed by atoms with Gasteiger partial charge in [-0.15, -0.1) is 0 Å². The van der Waals surface area contributed by atoms with E-state index in [0.717, 1.165) is 38.4 Å². The molecule has 0 unspecified atom stereocenters. The number of carbonyl (C=O) groups is 1. The maximum absolute atomic E-state index is 13.1. The van der Waals surface area contributed by atoms with Crippen LogP contribution in [0.2, 0.25) is 5.02 Å². The van der Waals surface area contributed by atoms with E-state index >= 15 is 0 Å². The van der Waals surface area contributed by atoms with Crippen molar-refractivity contribution in [2.24, 2.45) is 0 Å². The number of rotatable bonds is 5. The molecule has 2 aromatic rings. The first-order valence-electron chi connectivity index (χ1n) is 9.52. The molecule has 1 saturated heterocycles. The molecule has 1 fully saturated rings. The summed E-state index contributed by atoms with van der Waals surface area (Å²) in [6, 6.07) is 10.3. The highest BCUT2D eigenvalue weighted by atomic mass is 35.5. The second-order valence-electron chi connectivity index (χ2n) is 7.21. The van der Waals surface area contributed by atoms with Crippen LogP contribution in [0.5, 0.6) is 11.5 Å². The number of nitrogens with zero attached hydrogens (tertiary/aromatic N) is 1. The minimum atomic E-state index is -0.432. The Morgan fingerprint density at radius 2 is 2.04 bits per heavy atom. The Hall–Kier alpha value is -2.31. The average Bonchev–Trinajstić information content (AvgIpc) is 3.15. The first-order valence-corrected chi connectivity index (χ1v) is 9.90. The zero-order chi connectivity index (χ0) is 19.5. The van der Waals surface area contributed by atoms with Crippen LogP contribution >= 0.6 is 11.6 Å². The average molecular weight is 406 g/mol. The normalized spacial score (nSPS) is 16.6. The van der Waals surface area contributed by atoms with Gasteiger partial charge >= 0.3 is 0 Å². The number of hydrogen-bond donors (Lipinski definition) is 1. The number of carbonyl (C=O) groups excluding carboxylic acids is 1. The third-order valence-electron chi connectivity index (χ3n) is 5.28. The molecule has 1 amide bonds. The maximum Gasteiger partial charge on any atom is 0.260 e. The Labute approximate surface area is 168 Å². The fourth-order valence-electron chi connectivity index (χ4n) is 3.71. The molecule has 0 radical (unpaired) electrons. The molecule has 0 atom stereocenters. The number of benzene rings is 2. The number of ether oxygens (including phenoxy) is 2. The Bertz CT molecular complexity index is 869. The lowest BCUT2D eigenvalue weighted by atomic mass is 10.1. The summed E-state index contributed by atoms with van der Waals surface area (Å²) in [5.74, 6) is 0.824. The molecule has 2 aliphatic rings. The molecule has 5 nitrogen and oxygen atoms in total. The lowest BCUT2D eigenvalue weighted by Gasteiger charge is -2.32. The van der Waals surface area contributed by atoms with Gasteiger partial charge in [0.25, 0.3) is 5.91 Å². The standard InChI is InChI=1S/C21H22ClFN2O3/c22-18-12-17(23)2-4-20(18)28-14-21(26)25-8-6-24(7-9-25)13-15-1-3-19-16(11-15)5-10-27-19/h1-4,11-12H,5-10,13-14H2/p+1. The van der Waals surface area contributed by atoms with Gasteiger partial charge < -0.3 is 19.3 Å². The van der Waals surface area contributed by atoms with Crippen LogP contribution in [0.1, 0.15) is 11.1 Å². The summed E-state index contributed by atoms with van der Waals surface area (Å²) in [5, 5.41) is 0.168. The van der Waals surface area contributed by atoms with Gasteiger partial charge in [-0.2, -0.15) is 0 Å². The van der Waals surface area contributed by atoms with Crippen molar-refractivity contribution in [1.82, 2.24) is 4.90 Å². The number of hydrogen-bond acceptors (Lipinski definition) is 3. The predicted molar refractivity (Wildman–Crippen MR) is 104 cm³/mol. The van der Waals surface area contributed by atoms with Gasteiger partial charge in [0.1, 0.15) is 23.9 Å². The lowest BCUT2D eigenvalue weighted by molar-refractivity contribution is -0.917. The quantitative estimate of drug-likeness (QED) is 0.823. The Kier molecular flexibility index (Phi) is 5.69. The number of nitrogens with one attached hydrogen (secondary N) is 1. The SMILES string of the molecule is O=C(COc1ccc(F)cc1Cl)N1CC[NH+](Cc2ccc3c(c2)CCO3)CC1. The van der Waals surface area contributed by atoms with Gasteiger partial charge in [0.05, 0.1) is 37.8 Å². The van der Waals surface area contributed by atoms with E-state index in [9.17, 15) is 9.18 Å². The fourth-order valence-corrected chi connectivity index (χ4v) is 3.93. The summed E-state index contributed by atoms with van der Waals surface area (Å²) < 4.78 is 24.1. The molecule has 0 saturated carbocycles. The number of quaternary nitrogens is 1. The molecular weight excluding hydrogens is 383 g/mol. The van der Waals surface area contributed by atoms with E-state index < -0.39 is 5.82 Å². The van der Waals surface area contributed by atoms with Crippen molar-refractivity contribution in [3.63, 3.8) is 0 Å². The zero-order valence-electron chi connectivity index (χ0n) is 15.5. The largest absolute Gasteiger partial charge is 0.493 e. The third-order valence-corrected chi connectivity index (χ3v) is 5.57. The number of fused-ring (bicyclic) bond motifs is 1. The molecule has 2 heterocycles. The molecule has 0 aromatic heterocycles. The van der Waals surface area contributed by atoms with Gasteiger partial charge in [-0.1, -0.05) is 11.6 Å². The van der Waals surface area contributed by atoms with Crippen LogP contribution in [-0.2, 0) is 17.8 Å². The van der Waals surface area contributed by atoms with Gasteiger partial charge in [0.2, 0.25) is 0 Å². The van der Waals surface area contributed by atoms with Crippen LogP contribution in [0.25, 0.3) is 0 Å². The number of halogens is 2. The minimum absolute atomic E-state index is 0.0749. The number of amides is 1. The molecule has 0 spiro atoms. The van der Waals surface area contributed by atoms with Gasteiger partial charge in [0.15, 0.2) is 6.61 Å². The summed E-state index contributed by atoms with van der Waals surface area (Å²) in [7, 11) is 0. The first kappa shape index (κ1) is 19.0. The molecule has 2 aliphatic heterocycles. The van der Waals surface area contributed by atoms with Crippen molar-refractivity contribution < 1.29 is 23.6 Å². The topological polar surface area (TPSA) is 43.2 Å². The predicted octanol–water partition coefficient (Wildman–Crippen LogP) is 1.72. The van der Waals surface area contributed by atoms with Crippen LogP contribution in [0.3, 0.4) is 0 Å². The maximum atomic E-state index is 13.1. The lowest BCUT2D eigenvalue weighted by Crippen LogP contribution is -3.13. The summed E-state index contributed by atoms with van der Waals surface area (Å²) in [5.41, 5.74) is 2.61. The summed E-state index contributed by atoms with van der Waals surface area (Å²) in [6.07, 6.45) is 0.985. The molecule has 4 rings (SSSR count). The molecule has 28 heavy (non-hydrogen) atoms. The van der Waals surface area contributed by atoms with E-state index in [4.69, 9.17) is 21.1 Å². The smallest absolute Gasteiger partial charge is 0.260 e. The minimum Gasteiger partial charge on any atom is -0.493 e. The van der Waals surface area contributed by atoms with E-state index in [2.05, 4.69) is 18.2 Å². The van der Waals surface area contributed by atoms with E-state index in [-0.39, 0.29) is 17.5 Å². The third kappa shape index (κ3) is 4.39. The van der Waals surface area contributed by atoms with Gasteiger partial charge in [0, 0.05) is 12.0 Å². The Balaban J connectivity index is 1.25. The van der Waals surface area contributed by atoms with Crippen molar-refractivity contribution in [2.45, 2.75) is 13.0 Å². The molecule has 7 heteroatoms. The van der Waals surface area contributed by atoms with Crippen LogP contribution in [-0.4, -0.2) is 50.2 Å². The van der Waals surface area contributed by atoms with E-state index in [0.29, 0.717) is 18.8 Å². The van der Waals surface area contributed by atoms with Crippen molar-refractivity contribution >= 4 is 17.5 Å². The number of piperazine rings is 1. The second kappa shape index (κ2) is 8.37. The van der Waals surface area contributed by atoms with Gasteiger partial charge in [-0.05, 0) is 42.0 Å². The summed E-state index contributed by atoms with van der Waals surface area (Å²) in [4.78, 5) is 15.7. The van der Waals surface area contributed by atoms with Crippen molar-refractivity contribution in [2.75, 3.05) is 39.4 Å². The zero-order valence-corrected chi connectivity index (χ0v) is 16.3. The summed E-state index contributed by atoms with van der Waals surface area (Å²) in [6.45, 7) is 4.83. The highest BCUT2D eigenvalue weighted by Crippen LogP contribution is 2.26. The van der Waals surface area contributed by atoms with Crippen molar-refractivity contribution in [1.29, 1.82) is 0 Å². The van der Waals surface area contributed by atoms with Crippen molar-refractivity contribution in [3.05, 3.63) is 58.4 Å². The van der Waals surface area contributed by atoms with E-state index in [1.165, 1.54) is 34.2 Å². The van der Waals surface area contributed by atoms with Crippen LogP contribution in [0.4, 0.5) is 4.39 Å². The van der Waals surface area contributed by atoms with Gasteiger partial charge in [-0.3, -0.25) is 4.79 Å². The molecule has 0 aliphatic carbocycles. The van der Waals surface area contributed by atoms with Crippen LogP contribution in [0.15, 0.2) is 36.4 Å². The molecule has 0 bridgehead atoms. The van der Waals surface area contributed by atoms with Crippen molar-refractivity contribution in [3.8, 4) is 11.5 Å². The molecule has 1 N–H and O–H groups in total. The van der Waals surface area contributed by atoms with E-state index in [1.807, 2.05) is 4.90 Å². The monoisotopic (exact) mass is 405 g/mol. The Morgan fingerprint density at radius 1 is 1.21 bits per heavy atom. The molecular formula is C21H23ClFN2O3+. The van der Waals surface area contributed by atoms with E-state index in [1.54, 1.807) is 0 Å². The van der Waals surface area contributed by atoms with Crippen LogP contribution < -0.4 is 14.4 Å². The highest BCUT2D eigenvalue weighted by molar-refractivity contribution is 6.32.